The number of H-pyrrole nitrogens is 1. The van der Waals surface area contributed by atoms with Gasteiger partial charge in [0.25, 0.3) is 0 Å². The van der Waals surface area contributed by atoms with E-state index >= 15 is 0 Å². The largest absolute Gasteiger partial charge is 0.477 e. The van der Waals surface area contributed by atoms with E-state index in [2.05, 4.69) is 4.98 Å². The molecule has 1 aromatic heterocycles. The standard InChI is InChI=1S/C22H19ClF3N3O3/c23-14-3-6-18-16(11-14)17(20(27-18)21(31)32)12-19(30)29-9-7-28(8-10-29)15-4-1-13(2-5-15)22(24,25)26/h1-6,11,27H,7-10,12H2,(H,31,32). The van der Waals surface area contributed by atoms with Crippen LogP contribution in [-0.4, -0.2) is 53.0 Å². The van der Waals surface area contributed by atoms with Crippen LogP contribution in [0.2, 0.25) is 5.02 Å². The van der Waals surface area contributed by atoms with Crippen LogP contribution in [0.15, 0.2) is 42.5 Å². The number of halogens is 4. The van der Waals surface area contributed by atoms with Crippen molar-refractivity contribution in [1.82, 2.24) is 9.88 Å². The number of carbonyl (C=O) groups excluding carboxylic acids is 1. The lowest BCUT2D eigenvalue weighted by Crippen LogP contribution is -2.49. The molecular weight excluding hydrogens is 447 g/mol. The van der Waals surface area contributed by atoms with E-state index in [-0.39, 0.29) is 18.0 Å². The fourth-order valence-electron chi connectivity index (χ4n) is 3.92. The molecular formula is C22H19ClF3N3O3. The first kappa shape index (κ1) is 22.0. The van der Waals surface area contributed by atoms with Gasteiger partial charge in [0.15, 0.2) is 0 Å². The fourth-order valence-corrected chi connectivity index (χ4v) is 4.10. The first-order chi connectivity index (χ1) is 15.1. The molecule has 0 saturated carbocycles. The zero-order chi connectivity index (χ0) is 23.0. The Morgan fingerprint density at radius 1 is 1.03 bits per heavy atom. The highest BCUT2D eigenvalue weighted by molar-refractivity contribution is 6.31. The Labute approximate surface area is 186 Å². The molecule has 10 heteroatoms. The Morgan fingerprint density at radius 2 is 1.69 bits per heavy atom. The topological polar surface area (TPSA) is 76.6 Å². The van der Waals surface area contributed by atoms with Gasteiger partial charge in [-0.25, -0.2) is 4.79 Å². The number of carboxylic acids is 1. The summed E-state index contributed by atoms with van der Waals surface area (Å²) in [5.74, 6) is -1.38. The molecule has 0 radical (unpaired) electrons. The van der Waals surface area contributed by atoms with E-state index in [0.29, 0.717) is 53.4 Å². The number of nitrogens with one attached hydrogen (secondary N) is 1. The quantitative estimate of drug-likeness (QED) is 0.597. The molecule has 6 nitrogen and oxygen atoms in total. The molecule has 1 amide bonds. The molecule has 2 N–H and O–H groups in total. The Balaban J connectivity index is 1.45. The molecule has 0 bridgehead atoms. The van der Waals surface area contributed by atoms with E-state index in [1.807, 2.05) is 4.90 Å². The minimum absolute atomic E-state index is 0.0426. The third-order valence-corrected chi connectivity index (χ3v) is 5.84. The Hall–Kier alpha value is -3.20. The molecule has 0 unspecified atom stereocenters. The summed E-state index contributed by atoms with van der Waals surface area (Å²) in [6.45, 7) is 1.68. The lowest BCUT2D eigenvalue weighted by Gasteiger charge is -2.36. The predicted octanol–water partition coefficient (Wildman–Crippen LogP) is 4.43. The van der Waals surface area contributed by atoms with Crippen LogP contribution in [0.25, 0.3) is 10.9 Å². The highest BCUT2D eigenvalue weighted by atomic mass is 35.5. The smallest absolute Gasteiger partial charge is 0.416 e. The fraction of sp³-hybridized carbons (Fsp3) is 0.273. The lowest BCUT2D eigenvalue weighted by atomic mass is 10.1. The van der Waals surface area contributed by atoms with Crippen molar-refractivity contribution in [3.8, 4) is 0 Å². The monoisotopic (exact) mass is 465 g/mol. The van der Waals surface area contributed by atoms with Crippen LogP contribution in [0, 0.1) is 0 Å². The Bertz CT molecular complexity index is 1170. The van der Waals surface area contributed by atoms with Crippen molar-refractivity contribution < 1.29 is 27.9 Å². The maximum Gasteiger partial charge on any atom is 0.416 e. The van der Waals surface area contributed by atoms with Crippen LogP contribution in [-0.2, 0) is 17.4 Å². The number of benzene rings is 2. The molecule has 2 heterocycles. The van der Waals surface area contributed by atoms with Gasteiger partial charge < -0.3 is 19.9 Å². The molecule has 0 spiro atoms. The molecule has 0 aliphatic carbocycles. The van der Waals surface area contributed by atoms with Gasteiger partial charge in [-0.3, -0.25) is 4.79 Å². The molecule has 2 aromatic carbocycles. The van der Waals surface area contributed by atoms with Gasteiger partial charge in [0.2, 0.25) is 5.91 Å². The summed E-state index contributed by atoms with van der Waals surface area (Å²) in [6.07, 6.45) is -4.48. The van der Waals surface area contributed by atoms with Crippen LogP contribution in [0.5, 0.6) is 0 Å². The second-order valence-corrected chi connectivity index (χ2v) is 8.00. The van der Waals surface area contributed by atoms with Gasteiger partial charge >= 0.3 is 12.1 Å². The highest BCUT2D eigenvalue weighted by Crippen LogP contribution is 2.31. The minimum Gasteiger partial charge on any atom is -0.477 e. The second-order valence-electron chi connectivity index (χ2n) is 7.56. The van der Waals surface area contributed by atoms with Gasteiger partial charge in [-0.15, -0.1) is 0 Å². The van der Waals surface area contributed by atoms with E-state index in [4.69, 9.17) is 11.6 Å². The van der Waals surface area contributed by atoms with E-state index in [9.17, 15) is 27.9 Å². The number of aromatic carboxylic acids is 1. The van der Waals surface area contributed by atoms with E-state index in [1.54, 1.807) is 23.1 Å². The third kappa shape index (κ3) is 4.38. The molecule has 168 valence electrons. The molecule has 4 rings (SSSR count). The van der Waals surface area contributed by atoms with E-state index < -0.39 is 17.7 Å². The van der Waals surface area contributed by atoms with E-state index in [0.717, 1.165) is 12.1 Å². The summed E-state index contributed by atoms with van der Waals surface area (Å²) < 4.78 is 38.3. The van der Waals surface area contributed by atoms with Gasteiger partial charge in [0.1, 0.15) is 5.69 Å². The number of aromatic nitrogens is 1. The molecule has 32 heavy (non-hydrogen) atoms. The number of amides is 1. The molecule has 1 fully saturated rings. The zero-order valence-electron chi connectivity index (χ0n) is 16.7. The number of alkyl halides is 3. The second kappa shape index (κ2) is 8.38. The zero-order valence-corrected chi connectivity index (χ0v) is 17.5. The number of nitrogens with zero attached hydrogens (tertiary/aromatic N) is 2. The normalized spacial score (nSPS) is 14.8. The van der Waals surface area contributed by atoms with Gasteiger partial charge in [-0.05, 0) is 42.5 Å². The number of hydrogen-bond acceptors (Lipinski definition) is 3. The summed E-state index contributed by atoms with van der Waals surface area (Å²) in [5.41, 5.74) is 0.874. The number of anilines is 1. The highest BCUT2D eigenvalue weighted by Gasteiger charge is 2.30. The molecule has 3 aromatic rings. The number of carboxylic acid groups (broad SMARTS) is 1. The molecule has 1 saturated heterocycles. The van der Waals surface area contributed by atoms with Gasteiger partial charge in [-0.1, -0.05) is 11.6 Å². The van der Waals surface area contributed by atoms with Crippen LogP contribution in [0.4, 0.5) is 18.9 Å². The number of piperazine rings is 1. The Kier molecular flexibility index (Phi) is 5.77. The van der Waals surface area contributed by atoms with Crippen LogP contribution in [0.3, 0.4) is 0 Å². The van der Waals surface area contributed by atoms with Crippen molar-refractivity contribution in [2.24, 2.45) is 0 Å². The number of hydrogen-bond donors (Lipinski definition) is 2. The average Bonchev–Trinajstić information content (AvgIpc) is 3.11. The van der Waals surface area contributed by atoms with Crippen molar-refractivity contribution in [3.05, 3.63) is 64.3 Å². The first-order valence-corrected chi connectivity index (χ1v) is 10.2. The predicted molar refractivity (Wildman–Crippen MR) is 114 cm³/mol. The maximum atomic E-state index is 12.9. The molecule has 1 aliphatic heterocycles. The first-order valence-electron chi connectivity index (χ1n) is 9.87. The summed E-state index contributed by atoms with van der Waals surface area (Å²) >= 11 is 6.05. The van der Waals surface area contributed by atoms with Gasteiger partial charge in [0, 0.05) is 53.4 Å². The molecule has 0 atom stereocenters. The third-order valence-electron chi connectivity index (χ3n) is 5.60. The number of carbonyl (C=O) groups is 2. The van der Waals surface area contributed by atoms with Crippen molar-refractivity contribution in [2.45, 2.75) is 12.6 Å². The summed E-state index contributed by atoms with van der Waals surface area (Å²) in [4.78, 5) is 30.9. The summed E-state index contributed by atoms with van der Waals surface area (Å²) in [6, 6.07) is 9.87. The maximum absolute atomic E-state index is 12.9. The summed E-state index contributed by atoms with van der Waals surface area (Å²) in [7, 11) is 0. The number of aromatic amines is 1. The van der Waals surface area contributed by atoms with Crippen molar-refractivity contribution in [1.29, 1.82) is 0 Å². The van der Waals surface area contributed by atoms with Crippen LogP contribution < -0.4 is 4.90 Å². The summed E-state index contributed by atoms with van der Waals surface area (Å²) in [5, 5.41) is 10.6. The Morgan fingerprint density at radius 3 is 2.28 bits per heavy atom. The van der Waals surface area contributed by atoms with Gasteiger partial charge in [0.05, 0.1) is 12.0 Å². The van der Waals surface area contributed by atoms with E-state index in [1.165, 1.54) is 12.1 Å². The number of rotatable bonds is 4. The van der Waals surface area contributed by atoms with Crippen LogP contribution in [0.1, 0.15) is 21.6 Å². The SMILES string of the molecule is O=C(O)c1[nH]c2ccc(Cl)cc2c1CC(=O)N1CCN(c2ccc(C(F)(F)F)cc2)CC1. The average molecular weight is 466 g/mol. The van der Waals surface area contributed by atoms with Crippen molar-refractivity contribution >= 4 is 40.1 Å². The minimum atomic E-state index is -4.38. The lowest BCUT2D eigenvalue weighted by molar-refractivity contribution is -0.137. The van der Waals surface area contributed by atoms with Crippen molar-refractivity contribution in [3.63, 3.8) is 0 Å². The van der Waals surface area contributed by atoms with Gasteiger partial charge in [-0.2, -0.15) is 13.2 Å². The van der Waals surface area contributed by atoms with Crippen molar-refractivity contribution in [2.75, 3.05) is 31.1 Å². The van der Waals surface area contributed by atoms with Crippen LogP contribution >= 0.6 is 11.6 Å². The number of fused-ring (bicyclic) bond motifs is 1. The molecule has 1 aliphatic rings.